The maximum atomic E-state index is 13.3. The van der Waals surface area contributed by atoms with E-state index in [0.29, 0.717) is 74.9 Å². The summed E-state index contributed by atoms with van der Waals surface area (Å²) in [5, 5.41) is 13.6. The van der Waals surface area contributed by atoms with Crippen LogP contribution in [0.1, 0.15) is 17.7 Å². The van der Waals surface area contributed by atoms with Crippen LogP contribution in [0.15, 0.2) is 35.1 Å². The van der Waals surface area contributed by atoms with Crippen molar-refractivity contribution in [3.05, 3.63) is 51.9 Å². The second kappa shape index (κ2) is 9.38. The van der Waals surface area contributed by atoms with E-state index >= 15 is 0 Å². The van der Waals surface area contributed by atoms with E-state index in [9.17, 15) is 13.2 Å². The van der Waals surface area contributed by atoms with Crippen molar-refractivity contribution >= 4 is 15.7 Å². The summed E-state index contributed by atoms with van der Waals surface area (Å²) in [7, 11) is -3.27. The molecule has 32 heavy (non-hydrogen) atoms. The van der Waals surface area contributed by atoms with Crippen molar-refractivity contribution in [2.24, 2.45) is 0 Å². The lowest BCUT2D eigenvalue weighted by atomic mass is 10.2. The van der Waals surface area contributed by atoms with E-state index in [2.05, 4.69) is 11.2 Å². The van der Waals surface area contributed by atoms with E-state index in [4.69, 9.17) is 14.7 Å². The number of hydrogen-bond donors (Lipinski definition) is 0. The number of hydrogen-bond acceptors (Lipinski definition) is 8. The van der Waals surface area contributed by atoms with Crippen LogP contribution < -0.4 is 10.5 Å². The predicted octanol–water partition coefficient (Wildman–Crippen LogP) is 0.491. The first kappa shape index (κ1) is 22.4. The minimum Gasteiger partial charge on any atom is -0.364 e. The lowest BCUT2D eigenvalue weighted by Crippen LogP contribution is -2.50. The van der Waals surface area contributed by atoms with Gasteiger partial charge >= 0.3 is 0 Å². The second-order valence-electron chi connectivity index (χ2n) is 7.76. The van der Waals surface area contributed by atoms with Crippen LogP contribution in [0.4, 0.5) is 5.69 Å². The van der Waals surface area contributed by atoms with Crippen molar-refractivity contribution in [3.63, 3.8) is 0 Å². The third-order valence-electron chi connectivity index (χ3n) is 5.56. The van der Waals surface area contributed by atoms with Crippen LogP contribution in [-0.4, -0.2) is 74.4 Å². The molecule has 1 aromatic heterocycles. The Morgan fingerprint density at radius 1 is 1.12 bits per heavy atom. The normalized spacial score (nSPS) is 18.1. The summed E-state index contributed by atoms with van der Waals surface area (Å²) >= 11 is 0. The molecule has 170 valence electrons. The van der Waals surface area contributed by atoms with Gasteiger partial charge in [-0.2, -0.15) is 19.3 Å². The van der Waals surface area contributed by atoms with Crippen LogP contribution in [-0.2, 0) is 25.9 Å². The molecule has 2 fully saturated rings. The van der Waals surface area contributed by atoms with Crippen LogP contribution >= 0.6 is 0 Å². The highest BCUT2D eigenvalue weighted by atomic mass is 32.2. The Hall–Kier alpha value is -2.78. The molecule has 0 radical (unpaired) electrons. The largest absolute Gasteiger partial charge is 0.364 e. The average molecular weight is 460 g/mol. The van der Waals surface area contributed by atoms with Gasteiger partial charge in [-0.3, -0.25) is 4.79 Å². The van der Waals surface area contributed by atoms with E-state index in [-0.39, 0.29) is 11.8 Å². The summed E-state index contributed by atoms with van der Waals surface area (Å²) < 4.78 is 37.4. The average Bonchev–Trinajstić information content (AvgIpc) is 3.32. The molecule has 2 aliphatic heterocycles. The highest BCUT2D eigenvalue weighted by Gasteiger charge is 2.26. The number of aromatic nitrogens is 2. The topological polar surface area (TPSA) is 118 Å². The first-order valence-electron chi connectivity index (χ1n) is 10.4. The number of anilines is 1. The van der Waals surface area contributed by atoms with Gasteiger partial charge < -0.3 is 14.4 Å². The van der Waals surface area contributed by atoms with Gasteiger partial charge in [0.2, 0.25) is 10.0 Å². The molecule has 4 rings (SSSR count). The van der Waals surface area contributed by atoms with Gasteiger partial charge in [0.15, 0.2) is 6.29 Å². The lowest BCUT2D eigenvalue weighted by Gasteiger charge is -2.34. The fraction of sp³-hybridized carbons (Fsp3) is 0.476. The molecule has 0 bridgehead atoms. The highest BCUT2D eigenvalue weighted by Crippen LogP contribution is 2.18. The maximum Gasteiger partial charge on any atom is 0.295 e. The maximum absolute atomic E-state index is 13.3. The molecule has 0 N–H and O–H groups in total. The number of sulfonamides is 1. The summed E-state index contributed by atoms with van der Waals surface area (Å²) in [6, 6.07) is 10.5. The minimum absolute atomic E-state index is 0.283. The molecule has 0 amide bonds. The number of aryl methyl sites for hydroxylation is 1. The van der Waals surface area contributed by atoms with Gasteiger partial charge in [-0.1, -0.05) is 0 Å². The Morgan fingerprint density at radius 3 is 2.38 bits per heavy atom. The Kier molecular flexibility index (Phi) is 6.57. The molecule has 0 aliphatic carbocycles. The molecule has 3 heterocycles. The predicted molar refractivity (Wildman–Crippen MR) is 117 cm³/mol. The smallest absolute Gasteiger partial charge is 0.295 e. The fourth-order valence-corrected chi connectivity index (χ4v) is 4.66. The molecule has 0 atom stereocenters. The third kappa shape index (κ3) is 4.99. The summed E-state index contributed by atoms with van der Waals surface area (Å²) in [6.45, 7) is 2.59. The van der Waals surface area contributed by atoms with E-state index in [1.165, 1.54) is 15.2 Å². The highest BCUT2D eigenvalue weighted by molar-refractivity contribution is 7.88. The van der Waals surface area contributed by atoms with Gasteiger partial charge in [0.25, 0.3) is 5.56 Å². The van der Waals surface area contributed by atoms with Gasteiger partial charge in [-0.15, -0.1) is 0 Å². The van der Waals surface area contributed by atoms with E-state index in [1.807, 2.05) is 4.90 Å². The third-order valence-corrected chi connectivity index (χ3v) is 6.86. The van der Waals surface area contributed by atoms with Crippen molar-refractivity contribution in [2.75, 3.05) is 50.5 Å². The van der Waals surface area contributed by atoms with E-state index in [1.54, 1.807) is 30.3 Å². The Balaban J connectivity index is 1.65. The van der Waals surface area contributed by atoms with Gasteiger partial charge in [0, 0.05) is 32.6 Å². The van der Waals surface area contributed by atoms with Crippen molar-refractivity contribution in [1.29, 1.82) is 5.26 Å². The molecule has 10 nitrogen and oxygen atoms in total. The first-order chi connectivity index (χ1) is 15.3. The Bertz CT molecular complexity index is 1160. The van der Waals surface area contributed by atoms with Crippen molar-refractivity contribution in [2.45, 2.75) is 19.1 Å². The standard InChI is InChI=1S/C21H25N5O5S/c1-32(28,29)25-10-8-24(9-11-25)19-14-17(4-7-20-30-12-13-31-20)23-26(21(19)27)18-5-2-16(15-22)3-6-18/h2-3,5-6,14,20H,4,7-13H2,1H3. The van der Waals surface area contributed by atoms with E-state index in [0.717, 1.165) is 0 Å². The molecule has 2 saturated heterocycles. The van der Waals surface area contributed by atoms with E-state index < -0.39 is 10.0 Å². The Labute approximate surface area is 186 Å². The van der Waals surface area contributed by atoms with Gasteiger partial charge in [-0.05, 0) is 36.8 Å². The van der Waals surface area contributed by atoms with Gasteiger partial charge in [-0.25, -0.2) is 8.42 Å². The van der Waals surface area contributed by atoms with Gasteiger partial charge in [0.05, 0.1) is 42.5 Å². The molecule has 0 spiro atoms. The van der Waals surface area contributed by atoms with Crippen LogP contribution in [0.3, 0.4) is 0 Å². The zero-order valence-electron chi connectivity index (χ0n) is 17.8. The molecule has 2 aromatic rings. The second-order valence-corrected chi connectivity index (χ2v) is 9.74. The molecule has 2 aliphatic rings. The molecule has 0 unspecified atom stereocenters. The SMILES string of the molecule is CS(=O)(=O)N1CCN(c2cc(CCC3OCCO3)nn(-c3ccc(C#N)cc3)c2=O)CC1. The first-order valence-corrected chi connectivity index (χ1v) is 12.3. The number of nitrogens with zero attached hydrogens (tertiary/aromatic N) is 5. The zero-order valence-corrected chi connectivity index (χ0v) is 18.6. The van der Waals surface area contributed by atoms with Crippen LogP contribution in [0.2, 0.25) is 0 Å². The number of nitriles is 1. The van der Waals surface area contributed by atoms with Gasteiger partial charge in [0.1, 0.15) is 5.69 Å². The zero-order chi connectivity index (χ0) is 22.7. The van der Waals surface area contributed by atoms with Crippen LogP contribution in [0, 0.1) is 11.3 Å². The number of piperazine rings is 1. The van der Waals surface area contributed by atoms with Crippen molar-refractivity contribution in [1.82, 2.24) is 14.1 Å². The molecular weight excluding hydrogens is 434 g/mol. The molecule has 0 saturated carbocycles. The summed E-state index contributed by atoms with van der Waals surface area (Å²) in [5.74, 6) is 0. The van der Waals surface area contributed by atoms with Crippen LogP contribution in [0.25, 0.3) is 5.69 Å². The number of ether oxygens (including phenoxy) is 2. The fourth-order valence-electron chi connectivity index (χ4n) is 3.83. The lowest BCUT2D eigenvalue weighted by molar-refractivity contribution is -0.0463. The van der Waals surface area contributed by atoms with Crippen LogP contribution in [0.5, 0.6) is 0 Å². The van der Waals surface area contributed by atoms with Crippen molar-refractivity contribution in [3.8, 4) is 11.8 Å². The minimum atomic E-state index is -3.27. The summed E-state index contributed by atoms with van der Waals surface area (Å²) in [4.78, 5) is 15.2. The number of rotatable bonds is 6. The summed E-state index contributed by atoms with van der Waals surface area (Å²) in [6.07, 6.45) is 2.07. The Morgan fingerprint density at radius 2 is 1.78 bits per heavy atom. The molecular formula is C21H25N5O5S. The molecule has 11 heteroatoms. The molecule has 1 aromatic carbocycles. The summed E-state index contributed by atoms with van der Waals surface area (Å²) in [5.41, 5.74) is 1.93. The quantitative estimate of drug-likeness (QED) is 0.613. The number of benzene rings is 1. The van der Waals surface area contributed by atoms with Crippen molar-refractivity contribution < 1.29 is 17.9 Å². The monoisotopic (exact) mass is 459 g/mol.